The van der Waals surface area contributed by atoms with Gasteiger partial charge in [-0.25, -0.2) is 0 Å². The molecule has 0 aliphatic carbocycles. The summed E-state index contributed by atoms with van der Waals surface area (Å²) in [5, 5.41) is 0. The Labute approximate surface area is 72.0 Å². The Kier molecular flexibility index (Phi) is 6.75. The molecule has 0 aromatic heterocycles. The Hall–Kier alpha value is -0.820. The normalized spacial score (nSPS) is 7.82. The summed E-state index contributed by atoms with van der Waals surface area (Å²) >= 11 is 4.99. The van der Waals surface area contributed by atoms with Gasteiger partial charge in [-0.2, -0.15) is 0 Å². The second-order valence-electron chi connectivity index (χ2n) is 1.99. The van der Waals surface area contributed by atoms with E-state index in [1.807, 2.05) is 36.4 Å². The predicted octanol–water partition coefficient (Wildman–Crippen LogP) is 2.50. The number of Topliss-reactive ketones (excluding diaryl/α,β-unsaturated/α-hetero) is 1. The van der Waals surface area contributed by atoms with E-state index in [2.05, 4.69) is 0 Å². The molecule has 0 spiro atoms. The van der Waals surface area contributed by atoms with E-state index < -0.39 is 0 Å². The lowest BCUT2D eigenvalue weighted by Gasteiger charge is -1.69. The van der Waals surface area contributed by atoms with Crippen LogP contribution < -0.4 is 0 Å². The molecule has 1 nitrogen and oxygen atoms in total. The van der Waals surface area contributed by atoms with E-state index in [9.17, 15) is 4.79 Å². The van der Waals surface area contributed by atoms with Crippen LogP contribution in [0.15, 0.2) is 36.4 Å². The van der Waals surface area contributed by atoms with Crippen LogP contribution in [0.2, 0.25) is 0 Å². The SMILES string of the molecule is CC(=O)CCl.c1ccccc1. The number of carbonyl (C=O) groups excluding carboxylic acids is 1. The first-order valence-electron chi connectivity index (χ1n) is 3.32. The molecule has 0 fully saturated rings. The minimum Gasteiger partial charge on any atom is -0.299 e. The van der Waals surface area contributed by atoms with Crippen LogP contribution in [0.25, 0.3) is 0 Å². The van der Waals surface area contributed by atoms with Crippen molar-refractivity contribution in [3.63, 3.8) is 0 Å². The predicted molar refractivity (Wildman–Crippen MR) is 47.8 cm³/mol. The van der Waals surface area contributed by atoms with E-state index in [1.165, 1.54) is 6.92 Å². The van der Waals surface area contributed by atoms with Gasteiger partial charge in [-0.15, -0.1) is 11.6 Å². The molecule has 0 aliphatic heterocycles. The van der Waals surface area contributed by atoms with E-state index in [4.69, 9.17) is 11.6 Å². The Morgan fingerprint density at radius 1 is 1.09 bits per heavy atom. The van der Waals surface area contributed by atoms with Crippen LogP contribution in [0.4, 0.5) is 0 Å². The second kappa shape index (κ2) is 7.29. The molecule has 0 atom stereocenters. The minimum absolute atomic E-state index is 0.0201. The molecular weight excluding hydrogens is 160 g/mol. The highest BCUT2D eigenvalue weighted by molar-refractivity contribution is 6.27. The summed E-state index contributed by atoms with van der Waals surface area (Å²) in [5.41, 5.74) is 0. The number of hydrogen-bond acceptors (Lipinski definition) is 1. The Balaban J connectivity index is 0.000000187. The number of alkyl halides is 1. The van der Waals surface area contributed by atoms with Crippen LogP contribution in [-0.4, -0.2) is 11.7 Å². The standard InChI is InChI=1S/C6H6.C3H5ClO/c1-2-4-6-5-3-1;1-3(5)2-4/h1-6H;2H2,1H3. The molecule has 1 aromatic carbocycles. The van der Waals surface area contributed by atoms with Gasteiger partial charge in [0.2, 0.25) is 0 Å². The van der Waals surface area contributed by atoms with Gasteiger partial charge in [0.05, 0.1) is 5.88 Å². The van der Waals surface area contributed by atoms with Gasteiger partial charge >= 0.3 is 0 Å². The van der Waals surface area contributed by atoms with E-state index in [0.717, 1.165) is 0 Å². The lowest BCUT2D eigenvalue weighted by Crippen LogP contribution is -1.86. The zero-order valence-corrected chi connectivity index (χ0v) is 7.21. The number of carbonyl (C=O) groups is 1. The van der Waals surface area contributed by atoms with Crippen molar-refractivity contribution >= 4 is 17.4 Å². The van der Waals surface area contributed by atoms with E-state index in [-0.39, 0.29) is 11.7 Å². The third-order valence-corrected chi connectivity index (χ3v) is 1.23. The molecule has 1 rings (SSSR count). The largest absolute Gasteiger partial charge is 0.299 e. The van der Waals surface area contributed by atoms with Gasteiger partial charge in [0.25, 0.3) is 0 Å². The minimum atomic E-state index is 0.0201. The highest BCUT2D eigenvalue weighted by Crippen LogP contribution is 1.79. The summed E-state index contributed by atoms with van der Waals surface area (Å²) in [4.78, 5) is 9.68. The van der Waals surface area contributed by atoms with Gasteiger partial charge in [-0.3, -0.25) is 4.79 Å². The van der Waals surface area contributed by atoms with Gasteiger partial charge in [0.15, 0.2) is 0 Å². The molecule has 0 bridgehead atoms. The molecule has 0 heterocycles. The van der Waals surface area contributed by atoms with Crippen molar-refractivity contribution in [2.75, 3.05) is 5.88 Å². The average Bonchev–Trinajstić information content (AvgIpc) is 2.09. The van der Waals surface area contributed by atoms with E-state index in [0.29, 0.717) is 0 Å². The third kappa shape index (κ3) is 9.18. The number of hydrogen-bond donors (Lipinski definition) is 0. The Bertz CT molecular complexity index is 157. The lowest BCUT2D eigenvalue weighted by molar-refractivity contribution is -0.114. The van der Waals surface area contributed by atoms with Crippen LogP contribution in [0, 0.1) is 0 Å². The van der Waals surface area contributed by atoms with Gasteiger partial charge in [-0.05, 0) is 6.92 Å². The molecular formula is C9H11ClO. The van der Waals surface area contributed by atoms with Gasteiger partial charge in [0.1, 0.15) is 5.78 Å². The summed E-state index contributed by atoms with van der Waals surface area (Å²) < 4.78 is 0. The second-order valence-corrected chi connectivity index (χ2v) is 2.26. The zero-order chi connectivity index (χ0) is 8.53. The Morgan fingerprint density at radius 3 is 1.36 bits per heavy atom. The number of ketones is 1. The molecule has 0 aliphatic rings. The summed E-state index contributed by atoms with van der Waals surface area (Å²) in [6.45, 7) is 1.45. The smallest absolute Gasteiger partial charge is 0.144 e. The molecule has 0 saturated heterocycles. The highest BCUT2D eigenvalue weighted by atomic mass is 35.5. The zero-order valence-electron chi connectivity index (χ0n) is 6.46. The van der Waals surface area contributed by atoms with Crippen molar-refractivity contribution in [3.8, 4) is 0 Å². The summed E-state index contributed by atoms with van der Waals surface area (Å²) in [6.07, 6.45) is 0. The fraction of sp³-hybridized carbons (Fsp3) is 0.222. The van der Waals surface area contributed by atoms with Crippen LogP contribution in [0.5, 0.6) is 0 Å². The van der Waals surface area contributed by atoms with E-state index in [1.54, 1.807) is 0 Å². The lowest BCUT2D eigenvalue weighted by atomic mass is 10.4. The van der Waals surface area contributed by atoms with Crippen LogP contribution in [0.3, 0.4) is 0 Å². The molecule has 2 heteroatoms. The summed E-state index contributed by atoms with van der Waals surface area (Å²) in [7, 11) is 0. The molecule has 1 aromatic rings. The van der Waals surface area contributed by atoms with Crippen LogP contribution >= 0.6 is 11.6 Å². The van der Waals surface area contributed by atoms with Gasteiger partial charge < -0.3 is 0 Å². The van der Waals surface area contributed by atoms with Crippen LogP contribution in [-0.2, 0) is 4.79 Å². The maximum atomic E-state index is 9.68. The summed E-state index contributed by atoms with van der Waals surface area (Å²) in [6, 6.07) is 12.0. The first-order chi connectivity index (χ1) is 5.27. The molecule has 0 saturated carbocycles. The average molecular weight is 171 g/mol. The van der Waals surface area contributed by atoms with Crippen molar-refractivity contribution in [2.24, 2.45) is 0 Å². The number of benzene rings is 1. The van der Waals surface area contributed by atoms with Crippen molar-refractivity contribution in [3.05, 3.63) is 36.4 Å². The first-order valence-corrected chi connectivity index (χ1v) is 3.86. The van der Waals surface area contributed by atoms with Crippen molar-refractivity contribution in [1.29, 1.82) is 0 Å². The fourth-order valence-electron chi connectivity index (χ4n) is 0.385. The van der Waals surface area contributed by atoms with Crippen molar-refractivity contribution in [2.45, 2.75) is 6.92 Å². The maximum absolute atomic E-state index is 9.68. The maximum Gasteiger partial charge on any atom is 0.144 e. The number of rotatable bonds is 1. The first kappa shape index (κ1) is 10.2. The van der Waals surface area contributed by atoms with Crippen molar-refractivity contribution in [1.82, 2.24) is 0 Å². The van der Waals surface area contributed by atoms with Gasteiger partial charge in [0, 0.05) is 0 Å². The quantitative estimate of drug-likeness (QED) is 0.592. The third-order valence-electron chi connectivity index (χ3n) is 0.855. The monoisotopic (exact) mass is 170 g/mol. The van der Waals surface area contributed by atoms with Crippen LogP contribution in [0.1, 0.15) is 6.92 Å². The number of halogens is 1. The van der Waals surface area contributed by atoms with Crippen molar-refractivity contribution < 1.29 is 4.79 Å². The van der Waals surface area contributed by atoms with E-state index >= 15 is 0 Å². The molecule has 60 valence electrons. The van der Waals surface area contributed by atoms with Gasteiger partial charge in [-0.1, -0.05) is 36.4 Å². The Morgan fingerprint density at radius 2 is 1.27 bits per heavy atom. The topological polar surface area (TPSA) is 17.1 Å². The molecule has 0 N–H and O–H groups in total. The summed E-state index contributed by atoms with van der Waals surface area (Å²) in [5.74, 6) is 0.159. The molecule has 0 unspecified atom stereocenters. The molecule has 0 amide bonds. The fourth-order valence-corrected chi connectivity index (χ4v) is 0.385. The molecule has 11 heavy (non-hydrogen) atoms. The molecule has 0 radical (unpaired) electrons. The highest BCUT2D eigenvalue weighted by Gasteiger charge is 1.79.